The fraction of sp³-hybridized carbons (Fsp3) is 0.200. The van der Waals surface area contributed by atoms with E-state index >= 15 is 0 Å². The number of thiazole rings is 1. The van der Waals surface area contributed by atoms with Crippen LogP contribution >= 0.6 is 11.3 Å². The number of ether oxygens (including phenoxy) is 1. The molecule has 1 N–H and O–H groups in total. The molecular formula is C20H14F4N4O5S. The first-order chi connectivity index (χ1) is 15.9. The first-order valence-electron chi connectivity index (χ1n) is 9.41. The van der Waals surface area contributed by atoms with E-state index in [4.69, 9.17) is 4.42 Å². The van der Waals surface area contributed by atoms with Gasteiger partial charge in [-0.1, -0.05) is 0 Å². The van der Waals surface area contributed by atoms with Gasteiger partial charge in [0.05, 0.1) is 18.4 Å². The third-order valence-corrected chi connectivity index (χ3v) is 5.56. The number of anilines is 1. The SMILES string of the molecule is Cn1c(=O)c2c(CC(=O)Nc3nc(-c4ccc(F)c(OC(F)(F)F)c4)cs3)coc2n(C)c1=O. The van der Waals surface area contributed by atoms with Crippen LogP contribution in [0.2, 0.25) is 0 Å². The summed E-state index contributed by atoms with van der Waals surface area (Å²) >= 11 is 0.988. The maximum Gasteiger partial charge on any atom is 0.573 e. The molecule has 0 saturated carbocycles. The molecule has 14 heteroatoms. The van der Waals surface area contributed by atoms with Gasteiger partial charge in [0.25, 0.3) is 5.56 Å². The van der Waals surface area contributed by atoms with Gasteiger partial charge in [-0.3, -0.25) is 18.7 Å². The van der Waals surface area contributed by atoms with E-state index in [1.807, 2.05) is 0 Å². The van der Waals surface area contributed by atoms with E-state index in [0.29, 0.717) is 0 Å². The number of nitrogens with one attached hydrogen (secondary N) is 1. The van der Waals surface area contributed by atoms with Crippen molar-refractivity contribution in [3.05, 3.63) is 62.1 Å². The van der Waals surface area contributed by atoms with Crippen molar-refractivity contribution in [1.29, 1.82) is 0 Å². The first-order valence-corrected chi connectivity index (χ1v) is 10.3. The largest absolute Gasteiger partial charge is 0.573 e. The fourth-order valence-electron chi connectivity index (χ4n) is 3.22. The Morgan fingerprint density at radius 1 is 1.24 bits per heavy atom. The van der Waals surface area contributed by atoms with Gasteiger partial charge < -0.3 is 14.5 Å². The van der Waals surface area contributed by atoms with Gasteiger partial charge in [-0.05, 0) is 18.2 Å². The van der Waals surface area contributed by atoms with Crippen LogP contribution in [-0.2, 0) is 25.3 Å². The highest BCUT2D eigenvalue weighted by atomic mass is 32.1. The van der Waals surface area contributed by atoms with Gasteiger partial charge in [0, 0.05) is 30.6 Å². The van der Waals surface area contributed by atoms with E-state index in [1.54, 1.807) is 0 Å². The van der Waals surface area contributed by atoms with Gasteiger partial charge >= 0.3 is 12.1 Å². The molecule has 4 rings (SSSR count). The Labute approximate surface area is 190 Å². The van der Waals surface area contributed by atoms with Crippen LogP contribution in [0.4, 0.5) is 22.7 Å². The lowest BCUT2D eigenvalue weighted by Gasteiger charge is -2.10. The zero-order chi connectivity index (χ0) is 24.8. The number of benzene rings is 1. The molecule has 3 heterocycles. The number of hydrogen-bond acceptors (Lipinski definition) is 7. The minimum Gasteiger partial charge on any atom is -0.447 e. The number of furan rings is 1. The fourth-order valence-corrected chi connectivity index (χ4v) is 3.96. The molecule has 0 spiro atoms. The van der Waals surface area contributed by atoms with E-state index in [-0.39, 0.29) is 39.5 Å². The van der Waals surface area contributed by atoms with Crippen LogP contribution < -0.4 is 21.3 Å². The quantitative estimate of drug-likeness (QED) is 0.424. The number of carbonyl (C=O) groups is 1. The third-order valence-electron chi connectivity index (χ3n) is 4.80. The van der Waals surface area contributed by atoms with Gasteiger partial charge in [-0.15, -0.1) is 24.5 Å². The maximum atomic E-state index is 13.6. The first kappa shape index (κ1) is 23.2. The summed E-state index contributed by atoms with van der Waals surface area (Å²) in [6.07, 6.45) is -4.13. The van der Waals surface area contributed by atoms with Crippen molar-refractivity contribution in [3.63, 3.8) is 0 Å². The molecule has 0 aliphatic rings. The zero-order valence-electron chi connectivity index (χ0n) is 17.4. The van der Waals surface area contributed by atoms with E-state index < -0.39 is 35.1 Å². The van der Waals surface area contributed by atoms with Gasteiger partial charge in [-0.25, -0.2) is 14.2 Å². The Balaban J connectivity index is 1.54. The summed E-state index contributed by atoms with van der Waals surface area (Å²) in [7, 11) is 2.73. The minimum atomic E-state index is -5.06. The number of aryl methyl sites for hydroxylation is 1. The third kappa shape index (κ3) is 4.44. The van der Waals surface area contributed by atoms with Gasteiger partial charge in [0.1, 0.15) is 5.39 Å². The van der Waals surface area contributed by atoms with Crippen molar-refractivity contribution >= 4 is 33.5 Å². The van der Waals surface area contributed by atoms with Gasteiger partial charge in [-0.2, -0.15) is 0 Å². The van der Waals surface area contributed by atoms with Crippen molar-refractivity contribution < 1.29 is 31.5 Å². The van der Waals surface area contributed by atoms with Crippen LogP contribution in [0.3, 0.4) is 0 Å². The number of amides is 1. The molecule has 0 unspecified atom stereocenters. The molecule has 0 bridgehead atoms. The molecule has 9 nitrogen and oxygen atoms in total. The van der Waals surface area contributed by atoms with Crippen molar-refractivity contribution in [2.45, 2.75) is 12.8 Å². The minimum absolute atomic E-state index is 0.0284. The van der Waals surface area contributed by atoms with E-state index in [9.17, 15) is 31.9 Å². The summed E-state index contributed by atoms with van der Waals surface area (Å²) in [6, 6.07) is 2.88. The molecule has 4 aromatic rings. The number of aromatic nitrogens is 3. The Morgan fingerprint density at radius 3 is 2.68 bits per heavy atom. The Morgan fingerprint density at radius 2 is 1.97 bits per heavy atom. The molecule has 0 radical (unpaired) electrons. The van der Waals surface area contributed by atoms with Crippen LogP contribution in [0.5, 0.6) is 5.75 Å². The maximum absolute atomic E-state index is 13.6. The highest BCUT2D eigenvalue weighted by Gasteiger charge is 2.32. The zero-order valence-corrected chi connectivity index (χ0v) is 18.2. The number of alkyl halides is 3. The molecule has 0 saturated heterocycles. The molecule has 34 heavy (non-hydrogen) atoms. The van der Waals surface area contributed by atoms with E-state index in [2.05, 4.69) is 15.0 Å². The molecule has 0 aliphatic heterocycles. The molecule has 1 amide bonds. The highest BCUT2D eigenvalue weighted by molar-refractivity contribution is 7.14. The summed E-state index contributed by atoms with van der Waals surface area (Å²) in [5, 5.41) is 4.19. The lowest BCUT2D eigenvalue weighted by atomic mass is 10.1. The topological polar surface area (TPSA) is 108 Å². The second kappa shape index (κ2) is 8.44. The smallest absolute Gasteiger partial charge is 0.447 e. The summed E-state index contributed by atoms with van der Waals surface area (Å²) < 4.78 is 62.0. The summed E-state index contributed by atoms with van der Waals surface area (Å²) in [6.45, 7) is 0. The summed E-state index contributed by atoms with van der Waals surface area (Å²) in [5.41, 5.74) is -0.580. The van der Waals surface area contributed by atoms with Gasteiger partial charge in [0.15, 0.2) is 16.7 Å². The van der Waals surface area contributed by atoms with Crippen molar-refractivity contribution in [1.82, 2.24) is 14.1 Å². The van der Waals surface area contributed by atoms with Crippen molar-refractivity contribution in [3.8, 4) is 17.0 Å². The number of rotatable bonds is 5. The molecule has 0 atom stereocenters. The van der Waals surface area contributed by atoms with Crippen LogP contribution in [0, 0.1) is 5.82 Å². The molecule has 178 valence electrons. The number of hydrogen-bond donors (Lipinski definition) is 1. The Bertz CT molecular complexity index is 1530. The predicted octanol–water partition coefficient (Wildman–Crippen LogP) is 3.17. The number of nitrogens with zero attached hydrogens (tertiary/aromatic N) is 3. The van der Waals surface area contributed by atoms with Crippen molar-refractivity contribution in [2.75, 3.05) is 5.32 Å². The number of fused-ring (bicyclic) bond motifs is 1. The molecule has 0 fully saturated rings. The van der Waals surface area contributed by atoms with E-state index in [0.717, 1.165) is 32.6 Å². The average molecular weight is 498 g/mol. The summed E-state index contributed by atoms with van der Waals surface area (Å²) in [4.78, 5) is 41.1. The molecule has 3 aromatic heterocycles. The predicted molar refractivity (Wildman–Crippen MR) is 113 cm³/mol. The standard InChI is InChI=1S/C20H14F4N4O5S/c1-27-16(30)15-10(7-32-17(15)28(2)19(27)31)6-14(29)26-18-25-12(8-34-18)9-3-4-11(21)13(5-9)33-20(22,23)24/h3-5,7-8H,6H2,1-2H3,(H,25,26,29). The van der Waals surface area contributed by atoms with E-state index in [1.165, 1.54) is 31.8 Å². The Hall–Kier alpha value is -3.94. The number of halogens is 4. The molecular weight excluding hydrogens is 484 g/mol. The van der Waals surface area contributed by atoms with Crippen LogP contribution in [-0.4, -0.2) is 26.4 Å². The number of carbonyl (C=O) groups excluding carboxylic acids is 1. The van der Waals surface area contributed by atoms with Crippen LogP contribution in [0.25, 0.3) is 22.4 Å². The highest BCUT2D eigenvalue weighted by Crippen LogP contribution is 2.32. The lowest BCUT2D eigenvalue weighted by Crippen LogP contribution is -2.36. The van der Waals surface area contributed by atoms with Crippen LogP contribution in [0.15, 0.2) is 43.8 Å². The Kier molecular flexibility index (Phi) is 5.77. The second-order valence-corrected chi connectivity index (χ2v) is 7.96. The summed E-state index contributed by atoms with van der Waals surface area (Å²) in [5.74, 6) is -2.76. The molecule has 1 aromatic carbocycles. The van der Waals surface area contributed by atoms with Crippen LogP contribution in [0.1, 0.15) is 5.56 Å². The van der Waals surface area contributed by atoms with Crippen molar-refractivity contribution in [2.24, 2.45) is 14.1 Å². The van der Waals surface area contributed by atoms with Gasteiger partial charge in [0.2, 0.25) is 11.6 Å². The second-order valence-electron chi connectivity index (χ2n) is 7.10. The normalized spacial score (nSPS) is 11.7. The average Bonchev–Trinajstić information content (AvgIpc) is 3.38. The monoisotopic (exact) mass is 498 g/mol. The molecule has 0 aliphatic carbocycles. The lowest BCUT2D eigenvalue weighted by molar-refractivity contribution is -0.275.